The van der Waals surface area contributed by atoms with Gasteiger partial charge in [0.1, 0.15) is 6.29 Å². The Morgan fingerprint density at radius 3 is 3.00 bits per heavy atom. The number of benzene rings is 1. The highest BCUT2D eigenvalue weighted by Crippen LogP contribution is 2.20. The molecule has 0 bridgehead atoms. The summed E-state index contributed by atoms with van der Waals surface area (Å²) in [6.07, 6.45) is 3.42. The van der Waals surface area contributed by atoms with Crippen molar-refractivity contribution < 1.29 is 9.59 Å². The number of rotatable bonds is 5. The van der Waals surface area contributed by atoms with Gasteiger partial charge in [0.2, 0.25) is 5.91 Å². The number of halogens is 1. The number of likely N-dealkylation sites (tertiary alicyclic amines) is 1. The van der Waals surface area contributed by atoms with Crippen molar-refractivity contribution in [1.29, 1.82) is 0 Å². The van der Waals surface area contributed by atoms with E-state index in [-0.39, 0.29) is 11.8 Å². The van der Waals surface area contributed by atoms with E-state index in [0.29, 0.717) is 23.7 Å². The van der Waals surface area contributed by atoms with E-state index >= 15 is 0 Å². The normalized spacial score (nSPS) is 19.6. The molecular formula is C15H19ClN2O2. The Kier molecular flexibility index (Phi) is 5.56. The van der Waals surface area contributed by atoms with Crippen molar-refractivity contribution in [2.75, 3.05) is 25.0 Å². The number of carbonyl (C=O) groups is 2. The first kappa shape index (κ1) is 15.0. The molecule has 1 saturated heterocycles. The minimum absolute atomic E-state index is 0.0497. The molecule has 1 unspecified atom stereocenters. The van der Waals surface area contributed by atoms with Gasteiger partial charge in [-0.15, -0.1) is 0 Å². The zero-order valence-corrected chi connectivity index (χ0v) is 12.1. The summed E-state index contributed by atoms with van der Waals surface area (Å²) in [5.41, 5.74) is 0.642. The first-order valence-electron chi connectivity index (χ1n) is 6.91. The number of carbonyl (C=O) groups excluding carboxylic acids is 2. The lowest BCUT2D eigenvalue weighted by atomic mass is 10.00. The van der Waals surface area contributed by atoms with Crippen LogP contribution in [0.3, 0.4) is 0 Å². The Morgan fingerprint density at radius 1 is 1.45 bits per heavy atom. The van der Waals surface area contributed by atoms with Crippen molar-refractivity contribution >= 4 is 29.5 Å². The topological polar surface area (TPSA) is 49.4 Å². The zero-order valence-electron chi connectivity index (χ0n) is 11.3. The summed E-state index contributed by atoms with van der Waals surface area (Å²) in [6.45, 7) is 2.41. The average Bonchev–Trinajstić information content (AvgIpc) is 2.48. The summed E-state index contributed by atoms with van der Waals surface area (Å²) in [4.78, 5) is 24.9. The maximum atomic E-state index is 11.9. The highest BCUT2D eigenvalue weighted by atomic mass is 35.5. The van der Waals surface area contributed by atoms with E-state index in [2.05, 4.69) is 10.2 Å². The minimum Gasteiger partial charge on any atom is -0.325 e. The van der Waals surface area contributed by atoms with E-state index in [4.69, 9.17) is 11.6 Å². The molecule has 1 fully saturated rings. The Balaban J connectivity index is 1.78. The molecule has 0 aliphatic carbocycles. The van der Waals surface area contributed by atoms with Gasteiger partial charge < -0.3 is 15.0 Å². The van der Waals surface area contributed by atoms with Crippen molar-refractivity contribution in [2.45, 2.75) is 19.3 Å². The molecule has 108 valence electrons. The van der Waals surface area contributed by atoms with Crippen LogP contribution in [-0.2, 0) is 9.59 Å². The molecule has 1 aromatic carbocycles. The molecule has 4 nitrogen and oxygen atoms in total. The predicted molar refractivity (Wildman–Crippen MR) is 79.9 cm³/mol. The fraction of sp³-hybridized carbons (Fsp3) is 0.467. The molecule has 20 heavy (non-hydrogen) atoms. The van der Waals surface area contributed by atoms with Gasteiger partial charge in [0.25, 0.3) is 0 Å². The van der Waals surface area contributed by atoms with Crippen LogP contribution in [0.15, 0.2) is 24.3 Å². The summed E-state index contributed by atoms with van der Waals surface area (Å²) in [5, 5.41) is 3.35. The molecule has 1 N–H and O–H groups in total. The molecule has 1 heterocycles. The minimum atomic E-state index is -0.0497. The molecule has 0 saturated carbocycles. The second-order valence-corrected chi connectivity index (χ2v) is 5.52. The lowest BCUT2D eigenvalue weighted by Crippen LogP contribution is -2.37. The number of nitrogens with zero attached hydrogens (tertiary/aromatic N) is 1. The van der Waals surface area contributed by atoms with E-state index in [1.165, 1.54) is 0 Å². The van der Waals surface area contributed by atoms with Gasteiger partial charge in [-0.2, -0.15) is 0 Å². The molecule has 1 amide bonds. The Morgan fingerprint density at radius 2 is 2.25 bits per heavy atom. The van der Waals surface area contributed by atoms with E-state index in [1.54, 1.807) is 12.1 Å². The summed E-state index contributed by atoms with van der Waals surface area (Å²) in [7, 11) is 0. The Hall–Kier alpha value is -1.39. The molecule has 1 aliphatic heterocycles. The van der Waals surface area contributed by atoms with Crippen LogP contribution in [0.4, 0.5) is 5.69 Å². The van der Waals surface area contributed by atoms with Crippen LogP contribution < -0.4 is 5.32 Å². The van der Waals surface area contributed by atoms with Gasteiger partial charge in [0, 0.05) is 25.4 Å². The van der Waals surface area contributed by atoms with Gasteiger partial charge in [-0.3, -0.25) is 4.79 Å². The number of anilines is 1. The fourth-order valence-corrected chi connectivity index (χ4v) is 2.62. The molecule has 0 spiro atoms. The predicted octanol–water partition coefficient (Wildman–Crippen LogP) is 2.58. The molecule has 2 rings (SSSR count). The number of hydrogen-bond donors (Lipinski definition) is 1. The van der Waals surface area contributed by atoms with Crippen LogP contribution in [0.1, 0.15) is 19.3 Å². The number of piperidine rings is 1. The molecular weight excluding hydrogens is 276 g/mol. The van der Waals surface area contributed by atoms with Gasteiger partial charge >= 0.3 is 0 Å². The summed E-state index contributed by atoms with van der Waals surface area (Å²) >= 11 is 5.99. The first-order chi connectivity index (χ1) is 9.69. The molecule has 5 heteroatoms. The third kappa shape index (κ3) is 4.32. The second kappa shape index (κ2) is 7.41. The number of aldehydes is 1. The van der Waals surface area contributed by atoms with Gasteiger partial charge in [-0.25, -0.2) is 0 Å². The van der Waals surface area contributed by atoms with Gasteiger partial charge in [-0.05, 0) is 31.5 Å². The van der Waals surface area contributed by atoms with Crippen molar-refractivity contribution in [1.82, 2.24) is 4.90 Å². The maximum Gasteiger partial charge on any atom is 0.225 e. The van der Waals surface area contributed by atoms with Crippen molar-refractivity contribution in [3.63, 3.8) is 0 Å². The van der Waals surface area contributed by atoms with Crippen molar-refractivity contribution in [3.8, 4) is 0 Å². The van der Waals surface area contributed by atoms with Gasteiger partial charge in [-0.1, -0.05) is 23.7 Å². The second-order valence-electron chi connectivity index (χ2n) is 5.12. The molecule has 0 aromatic heterocycles. The number of amides is 1. The quantitative estimate of drug-likeness (QED) is 0.849. The van der Waals surface area contributed by atoms with Crippen molar-refractivity contribution in [3.05, 3.63) is 29.3 Å². The summed E-state index contributed by atoms with van der Waals surface area (Å²) in [6, 6.07) is 7.19. The summed E-state index contributed by atoms with van der Waals surface area (Å²) < 4.78 is 0. The zero-order chi connectivity index (χ0) is 14.4. The van der Waals surface area contributed by atoms with E-state index < -0.39 is 0 Å². The number of hydrogen-bond acceptors (Lipinski definition) is 3. The first-order valence-corrected chi connectivity index (χ1v) is 7.29. The standard InChI is InChI=1S/C15H19ClN2O2/c16-13-5-1-2-6-14(13)17-15(20)7-9-18-8-3-4-12(10-18)11-19/h1-2,5-6,11-12H,3-4,7-10H2,(H,17,20). The molecule has 1 aliphatic rings. The lowest BCUT2D eigenvalue weighted by molar-refractivity contribution is -0.116. The Bertz CT molecular complexity index is 479. The van der Waals surface area contributed by atoms with Gasteiger partial charge in [0.05, 0.1) is 10.7 Å². The van der Waals surface area contributed by atoms with Crippen LogP contribution in [0, 0.1) is 5.92 Å². The average molecular weight is 295 g/mol. The summed E-state index contributed by atoms with van der Waals surface area (Å²) in [5.74, 6) is 0.0710. The van der Waals surface area contributed by atoms with E-state index in [9.17, 15) is 9.59 Å². The third-order valence-corrected chi connectivity index (χ3v) is 3.87. The van der Waals surface area contributed by atoms with Crippen molar-refractivity contribution in [2.24, 2.45) is 5.92 Å². The maximum absolute atomic E-state index is 11.9. The largest absolute Gasteiger partial charge is 0.325 e. The van der Waals surface area contributed by atoms with Crippen LogP contribution in [0.2, 0.25) is 5.02 Å². The monoisotopic (exact) mass is 294 g/mol. The van der Waals surface area contributed by atoms with Crippen LogP contribution in [0.25, 0.3) is 0 Å². The third-order valence-electron chi connectivity index (χ3n) is 3.54. The highest BCUT2D eigenvalue weighted by Gasteiger charge is 2.19. The van der Waals surface area contributed by atoms with Gasteiger partial charge in [0.15, 0.2) is 0 Å². The van der Waals surface area contributed by atoms with Crippen LogP contribution >= 0.6 is 11.6 Å². The van der Waals surface area contributed by atoms with Crippen LogP contribution in [0.5, 0.6) is 0 Å². The van der Waals surface area contributed by atoms with E-state index in [1.807, 2.05) is 12.1 Å². The fourth-order valence-electron chi connectivity index (χ4n) is 2.44. The smallest absolute Gasteiger partial charge is 0.225 e. The molecule has 1 atom stereocenters. The van der Waals surface area contributed by atoms with Crippen LogP contribution in [-0.4, -0.2) is 36.7 Å². The SMILES string of the molecule is O=CC1CCCN(CCC(=O)Nc2ccccc2Cl)C1. The lowest BCUT2D eigenvalue weighted by Gasteiger charge is -2.29. The van der Waals surface area contributed by atoms with E-state index in [0.717, 1.165) is 32.2 Å². The highest BCUT2D eigenvalue weighted by molar-refractivity contribution is 6.33. The number of nitrogens with one attached hydrogen (secondary N) is 1. The number of para-hydroxylation sites is 1. The molecule has 0 radical (unpaired) electrons. The Labute approximate surface area is 124 Å². The molecule has 1 aromatic rings.